The molecule has 0 aliphatic carbocycles. The molecular weight excluding hydrogens is 335 g/mol. The van der Waals surface area contributed by atoms with Gasteiger partial charge in [0, 0.05) is 18.2 Å². The zero-order valence-electron chi connectivity index (χ0n) is 14.2. The number of aromatic nitrogens is 1. The summed E-state index contributed by atoms with van der Waals surface area (Å²) in [5.74, 6) is 0.541. The highest BCUT2D eigenvalue weighted by atomic mass is 19.1. The molecule has 1 aliphatic rings. The van der Waals surface area contributed by atoms with Crippen molar-refractivity contribution >= 4 is 5.91 Å². The van der Waals surface area contributed by atoms with E-state index in [9.17, 15) is 9.18 Å². The van der Waals surface area contributed by atoms with Gasteiger partial charge in [0.1, 0.15) is 11.5 Å². The number of nitrogens with zero attached hydrogens (tertiary/aromatic N) is 2. The zero-order valence-corrected chi connectivity index (χ0v) is 14.2. The second-order valence-corrected chi connectivity index (χ2v) is 6.46. The van der Waals surface area contributed by atoms with Crippen LogP contribution in [0, 0.1) is 5.82 Å². The maximum absolute atomic E-state index is 13.1. The molecule has 134 valence electrons. The molecule has 1 saturated heterocycles. The summed E-state index contributed by atoms with van der Waals surface area (Å²) in [6.07, 6.45) is 5.34. The van der Waals surface area contributed by atoms with Crippen molar-refractivity contribution in [2.24, 2.45) is 0 Å². The van der Waals surface area contributed by atoms with Gasteiger partial charge >= 0.3 is 0 Å². The van der Waals surface area contributed by atoms with Crippen molar-refractivity contribution in [1.29, 1.82) is 0 Å². The van der Waals surface area contributed by atoms with Crippen LogP contribution in [0.2, 0.25) is 0 Å². The molecule has 1 aromatic carbocycles. The fraction of sp³-hybridized carbons (Fsp3) is 0.300. The van der Waals surface area contributed by atoms with Crippen LogP contribution in [0.15, 0.2) is 57.7 Å². The number of likely N-dealkylation sites (tertiary alicyclic amines) is 1. The maximum atomic E-state index is 13.1. The third-order valence-corrected chi connectivity index (χ3v) is 4.74. The number of amides is 1. The quantitative estimate of drug-likeness (QED) is 0.676. The molecule has 26 heavy (non-hydrogen) atoms. The average Bonchev–Trinajstić information content (AvgIpc) is 3.30. The monoisotopic (exact) mass is 354 g/mol. The van der Waals surface area contributed by atoms with Gasteiger partial charge in [-0.1, -0.05) is 18.0 Å². The van der Waals surface area contributed by atoms with Gasteiger partial charge in [-0.05, 0) is 49.2 Å². The van der Waals surface area contributed by atoms with Crippen LogP contribution in [0.3, 0.4) is 0 Å². The summed E-state index contributed by atoms with van der Waals surface area (Å²) < 4.78 is 24.0. The molecule has 6 heteroatoms. The summed E-state index contributed by atoms with van der Waals surface area (Å²) in [4.78, 5) is 14.6. The van der Waals surface area contributed by atoms with Crippen LogP contribution >= 0.6 is 0 Å². The molecule has 4 rings (SSSR count). The molecule has 3 heterocycles. The van der Waals surface area contributed by atoms with Crippen LogP contribution in [-0.2, 0) is 0 Å². The van der Waals surface area contributed by atoms with Crippen molar-refractivity contribution in [2.45, 2.75) is 31.7 Å². The van der Waals surface area contributed by atoms with E-state index >= 15 is 0 Å². The molecule has 0 N–H and O–H groups in total. The zero-order chi connectivity index (χ0) is 17.9. The van der Waals surface area contributed by atoms with Crippen molar-refractivity contribution < 1.29 is 18.1 Å². The van der Waals surface area contributed by atoms with E-state index in [1.807, 2.05) is 6.07 Å². The molecule has 0 radical (unpaired) electrons. The van der Waals surface area contributed by atoms with E-state index in [2.05, 4.69) is 5.16 Å². The lowest BCUT2D eigenvalue weighted by atomic mass is 10.1. The predicted octanol–water partition coefficient (Wildman–Crippen LogP) is 4.83. The van der Waals surface area contributed by atoms with Gasteiger partial charge in [-0.3, -0.25) is 4.79 Å². The first-order valence-electron chi connectivity index (χ1n) is 8.79. The molecule has 1 fully saturated rings. The summed E-state index contributed by atoms with van der Waals surface area (Å²) in [6.45, 7) is 0.650. The molecule has 0 unspecified atom stereocenters. The third-order valence-electron chi connectivity index (χ3n) is 4.74. The minimum Gasteiger partial charge on any atom is -0.459 e. The molecule has 1 amide bonds. The summed E-state index contributed by atoms with van der Waals surface area (Å²) in [5.41, 5.74) is 1.41. The van der Waals surface area contributed by atoms with Crippen LogP contribution in [-0.4, -0.2) is 22.5 Å². The summed E-state index contributed by atoms with van der Waals surface area (Å²) in [7, 11) is 0. The Labute approximate surface area is 150 Å². The molecule has 1 atom stereocenters. The van der Waals surface area contributed by atoms with Crippen LogP contribution in [0.4, 0.5) is 4.39 Å². The Hall–Kier alpha value is -2.89. The summed E-state index contributed by atoms with van der Waals surface area (Å²) in [6, 6.07) is 11.1. The van der Waals surface area contributed by atoms with Gasteiger partial charge < -0.3 is 13.8 Å². The molecule has 5 nitrogen and oxygen atoms in total. The lowest BCUT2D eigenvalue weighted by Crippen LogP contribution is -2.34. The molecule has 3 aromatic rings. The Bertz CT molecular complexity index is 871. The molecule has 2 aromatic heterocycles. The van der Waals surface area contributed by atoms with E-state index in [-0.39, 0.29) is 17.8 Å². The van der Waals surface area contributed by atoms with Crippen LogP contribution in [0.25, 0.3) is 11.3 Å². The topological polar surface area (TPSA) is 59.5 Å². The first-order chi connectivity index (χ1) is 12.7. The summed E-state index contributed by atoms with van der Waals surface area (Å²) >= 11 is 0. The Kier molecular flexibility index (Phi) is 4.56. The number of rotatable bonds is 3. The van der Waals surface area contributed by atoms with Crippen LogP contribution in [0.5, 0.6) is 0 Å². The van der Waals surface area contributed by atoms with Gasteiger partial charge in [0.15, 0.2) is 11.5 Å². The lowest BCUT2D eigenvalue weighted by molar-refractivity contribution is 0.0618. The number of hydrogen-bond donors (Lipinski definition) is 0. The van der Waals surface area contributed by atoms with Gasteiger partial charge in [-0.2, -0.15) is 0 Å². The minimum absolute atomic E-state index is 0.137. The predicted molar refractivity (Wildman–Crippen MR) is 92.9 cm³/mol. The van der Waals surface area contributed by atoms with Crippen molar-refractivity contribution in [3.8, 4) is 11.3 Å². The van der Waals surface area contributed by atoms with E-state index in [1.165, 1.54) is 18.4 Å². The van der Waals surface area contributed by atoms with E-state index in [1.54, 1.807) is 29.2 Å². The largest absolute Gasteiger partial charge is 0.459 e. The number of hydrogen-bond acceptors (Lipinski definition) is 4. The highest BCUT2D eigenvalue weighted by Crippen LogP contribution is 2.33. The molecular formula is C20H19FN2O3. The highest BCUT2D eigenvalue weighted by molar-refractivity contribution is 5.91. The number of benzene rings is 1. The van der Waals surface area contributed by atoms with Gasteiger partial charge in [0.25, 0.3) is 5.91 Å². The van der Waals surface area contributed by atoms with Crippen molar-refractivity contribution in [3.05, 3.63) is 66.1 Å². The first-order valence-corrected chi connectivity index (χ1v) is 8.79. The second kappa shape index (κ2) is 7.15. The van der Waals surface area contributed by atoms with Gasteiger partial charge in [0.2, 0.25) is 0 Å². The fourth-order valence-electron chi connectivity index (χ4n) is 3.39. The molecule has 1 aliphatic heterocycles. The smallest absolute Gasteiger partial charge is 0.290 e. The highest BCUT2D eigenvalue weighted by Gasteiger charge is 2.31. The minimum atomic E-state index is -0.295. The Morgan fingerprint density at radius 2 is 2.00 bits per heavy atom. The fourth-order valence-corrected chi connectivity index (χ4v) is 3.39. The number of carbonyl (C=O) groups excluding carboxylic acids is 1. The average molecular weight is 354 g/mol. The number of halogens is 1. The Balaban J connectivity index is 1.63. The second-order valence-electron chi connectivity index (χ2n) is 6.46. The van der Waals surface area contributed by atoms with E-state index in [0.29, 0.717) is 23.8 Å². The number of furan rings is 1. The summed E-state index contributed by atoms with van der Waals surface area (Å²) in [5, 5.41) is 4.12. The lowest BCUT2D eigenvalue weighted by Gasteiger charge is -2.27. The Morgan fingerprint density at radius 1 is 1.15 bits per heavy atom. The van der Waals surface area contributed by atoms with Crippen LogP contribution in [0.1, 0.15) is 48.0 Å². The van der Waals surface area contributed by atoms with Crippen molar-refractivity contribution in [2.75, 3.05) is 6.54 Å². The Morgan fingerprint density at radius 3 is 2.77 bits per heavy atom. The maximum Gasteiger partial charge on any atom is 0.290 e. The van der Waals surface area contributed by atoms with Gasteiger partial charge in [0.05, 0.1) is 12.3 Å². The molecule has 0 bridgehead atoms. The standard InChI is InChI=1S/C20H19FN2O3/c21-15-9-7-14(8-10-15)16-13-19(26-22-16)17-5-2-1-3-11-23(17)20(24)18-6-4-12-25-18/h4,6-10,12-13,17H,1-3,5,11H2/t17-/m0/s1. The van der Waals surface area contributed by atoms with E-state index in [0.717, 1.165) is 31.2 Å². The third kappa shape index (κ3) is 3.27. The number of carbonyl (C=O) groups is 1. The molecule has 0 spiro atoms. The molecule has 0 saturated carbocycles. The van der Waals surface area contributed by atoms with Crippen LogP contribution < -0.4 is 0 Å². The SMILES string of the molecule is O=C(c1ccco1)N1CCCCC[C@H]1c1cc(-c2ccc(F)cc2)no1. The van der Waals surface area contributed by atoms with Gasteiger partial charge in [-0.15, -0.1) is 0 Å². The normalized spacial score (nSPS) is 17.9. The van der Waals surface area contributed by atoms with E-state index in [4.69, 9.17) is 8.94 Å². The van der Waals surface area contributed by atoms with Crippen molar-refractivity contribution in [3.63, 3.8) is 0 Å². The van der Waals surface area contributed by atoms with E-state index < -0.39 is 0 Å². The van der Waals surface area contributed by atoms with Crippen molar-refractivity contribution in [1.82, 2.24) is 10.1 Å². The van der Waals surface area contributed by atoms with Gasteiger partial charge in [-0.25, -0.2) is 4.39 Å². The first kappa shape index (κ1) is 16.6.